The van der Waals surface area contributed by atoms with Gasteiger partial charge in [-0.05, 0) is 46.1 Å². The molecule has 0 spiro atoms. The third kappa shape index (κ3) is 3.68. The molecule has 0 bridgehead atoms. The van der Waals surface area contributed by atoms with Gasteiger partial charge in [0.15, 0.2) is 0 Å². The number of carbonyl (C=O) groups is 1. The summed E-state index contributed by atoms with van der Waals surface area (Å²) in [5.74, 6) is -0.408. The number of hydrogen-bond donors (Lipinski definition) is 2. The van der Waals surface area contributed by atoms with E-state index in [0.29, 0.717) is 18.5 Å². The molecule has 4 nitrogen and oxygen atoms in total. The molecule has 100 valence electrons. The van der Waals surface area contributed by atoms with Crippen molar-refractivity contribution in [3.63, 3.8) is 0 Å². The maximum Gasteiger partial charge on any atom is 0.237 e. The summed E-state index contributed by atoms with van der Waals surface area (Å²) in [6.45, 7) is 7.23. The first-order chi connectivity index (χ1) is 7.88. The van der Waals surface area contributed by atoms with Crippen LogP contribution in [0.4, 0.5) is 0 Å². The fraction of sp³-hybridized carbons (Fsp3) is 0.923. The Bertz CT molecular complexity index is 265. The molecule has 17 heavy (non-hydrogen) atoms. The van der Waals surface area contributed by atoms with E-state index in [9.17, 15) is 4.79 Å². The fourth-order valence-corrected chi connectivity index (χ4v) is 2.87. The zero-order valence-corrected chi connectivity index (χ0v) is 11.4. The summed E-state index contributed by atoms with van der Waals surface area (Å²) in [5.41, 5.74) is 10.4. The van der Waals surface area contributed by atoms with Crippen LogP contribution >= 0.6 is 0 Å². The molecule has 0 aromatic carbocycles. The molecular formula is C13H27N3O. The monoisotopic (exact) mass is 241 g/mol. The highest BCUT2D eigenvalue weighted by Crippen LogP contribution is 2.25. The van der Waals surface area contributed by atoms with Gasteiger partial charge >= 0.3 is 0 Å². The van der Waals surface area contributed by atoms with Crippen LogP contribution in [-0.2, 0) is 4.79 Å². The Morgan fingerprint density at radius 2 is 2.18 bits per heavy atom. The van der Waals surface area contributed by atoms with Crippen molar-refractivity contribution in [3.8, 4) is 0 Å². The molecule has 1 heterocycles. The zero-order chi connectivity index (χ0) is 13.1. The van der Waals surface area contributed by atoms with Crippen LogP contribution in [0.15, 0.2) is 0 Å². The second-order valence-electron chi connectivity index (χ2n) is 5.63. The van der Waals surface area contributed by atoms with E-state index < -0.39 is 11.4 Å². The van der Waals surface area contributed by atoms with Crippen molar-refractivity contribution in [3.05, 3.63) is 0 Å². The van der Waals surface area contributed by atoms with Gasteiger partial charge in [0.25, 0.3) is 0 Å². The molecule has 0 aromatic rings. The highest BCUT2D eigenvalue weighted by molar-refractivity contribution is 5.83. The molecule has 1 saturated heterocycles. The van der Waals surface area contributed by atoms with E-state index in [1.807, 2.05) is 0 Å². The first kappa shape index (κ1) is 14.5. The minimum Gasteiger partial charge on any atom is -0.368 e. The smallest absolute Gasteiger partial charge is 0.237 e. The third-order valence-electron chi connectivity index (χ3n) is 3.99. The van der Waals surface area contributed by atoms with Gasteiger partial charge in [-0.1, -0.05) is 13.3 Å². The van der Waals surface area contributed by atoms with Gasteiger partial charge in [0, 0.05) is 12.1 Å². The number of amides is 1. The number of nitrogens with two attached hydrogens (primary N) is 2. The van der Waals surface area contributed by atoms with Gasteiger partial charge < -0.3 is 11.5 Å². The minimum atomic E-state index is -0.894. The predicted octanol–water partition coefficient (Wildman–Crippen LogP) is 1.23. The maximum absolute atomic E-state index is 11.3. The number of piperidine rings is 1. The Balaban J connectivity index is 2.61. The van der Waals surface area contributed by atoms with Gasteiger partial charge in [0.2, 0.25) is 5.91 Å². The summed E-state index contributed by atoms with van der Waals surface area (Å²) in [6.07, 6.45) is 5.63. The molecule has 4 N–H and O–H groups in total. The molecule has 1 aliphatic heterocycles. The van der Waals surface area contributed by atoms with Gasteiger partial charge in [-0.15, -0.1) is 0 Å². The largest absolute Gasteiger partial charge is 0.368 e. The van der Waals surface area contributed by atoms with E-state index in [1.165, 1.54) is 25.7 Å². The standard InChI is InChI=1S/C13H27N3O/c1-4-11-7-5-6-8-16(11)10(2)9-13(3,15)12(14)17/h10-11H,4-9,15H2,1-3H3,(H2,14,17). The molecule has 1 rings (SSSR count). The van der Waals surface area contributed by atoms with Gasteiger partial charge in [-0.25, -0.2) is 0 Å². The maximum atomic E-state index is 11.3. The Kier molecular flexibility index (Phi) is 4.95. The summed E-state index contributed by atoms with van der Waals surface area (Å²) >= 11 is 0. The average molecular weight is 241 g/mol. The van der Waals surface area contributed by atoms with Crippen LogP contribution in [0.25, 0.3) is 0 Å². The van der Waals surface area contributed by atoms with Crippen molar-refractivity contribution in [2.45, 2.75) is 70.5 Å². The number of nitrogens with zero attached hydrogens (tertiary/aromatic N) is 1. The van der Waals surface area contributed by atoms with Crippen molar-refractivity contribution in [2.24, 2.45) is 11.5 Å². The van der Waals surface area contributed by atoms with E-state index >= 15 is 0 Å². The molecule has 0 aliphatic carbocycles. The molecule has 4 heteroatoms. The molecular weight excluding hydrogens is 214 g/mol. The van der Waals surface area contributed by atoms with Crippen LogP contribution in [-0.4, -0.2) is 35.0 Å². The lowest BCUT2D eigenvalue weighted by Crippen LogP contribution is -2.55. The number of rotatable bonds is 5. The number of primary amides is 1. The lowest BCUT2D eigenvalue weighted by Gasteiger charge is -2.41. The van der Waals surface area contributed by atoms with Crippen LogP contribution in [0.3, 0.4) is 0 Å². The lowest BCUT2D eigenvalue weighted by atomic mass is 9.90. The van der Waals surface area contributed by atoms with Crippen molar-refractivity contribution in [1.82, 2.24) is 4.90 Å². The van der Waals surface area contributed by atoms with Crippen molar-refractivity contribution < 1.29 is 4.79 Å². The average Bonchev–Trinajstić information content (AvgIpc) is 2.28. The van der Waals surface area contributed by atoms with Gasteiger partial charge in [0.1, 0.15) is 0 Å². The quantitative estimate of drug-likeness (QED) is 0.760. The molecule has 1 fully saturated rings. The van der Waals surface area contributed by atoms with Gasteiger partial charge in [-0.2, -0.15) is 0 Å². The Morgan fingerprint density at radius 3 is 2.71 bits per heavy atom. The number of likely N-dealkylation sites (tertiary alicyclic amines) is 1. The molecule has 3 unspecified atom stereocenters. The molecule has 1 aliphatic rings. The summed E-state index contributed by atoms with van der Waals surface area (Å²) in [4.78, 5) is 13.8. The van der Waals surface area contributed by atoms with Crippen LogP contribution < -0.4 is 11.5 Å². The normalized spacial score (nSPS) is 27.4. The highest BCUT2D eigenvalue weighted by atomic mass is 16.1. The topological polar surface area (TPSA) is 72.3 Å². The Hall–Kier alpha value is -0.610. The predicted molar refractivity (Wildman–Crippen MR) is 70.5 cm³/mol. The molecule has 0 radical (unpaired) electrons. The summed E-state index contributed by atoms with van der Waals surface area (Å²) in [7, 11) is 0. The fourth-order valence-electron chi connectivity index (χ4n) is 2.87. The van der Waals surface area contributed by atoms with E-state index in [1.54, 1.807) is 6.92 Å². The van der Waals surface area contributed by atoms with Crippen LogP contribution in [0, 0.1) is 0 Å². The third-order valence-corrected chi connectivity index (χ3v) is 3.99. The van der Waals surface area contributed by atoms with Crippen molar-refractivity contribution in [2.75, 3.05) is 6.54 Å². The SMILES string of the molecule is CCC1CCCCN1C(C)CC(C)(N)C(N)=O. The summed E-state index contributed by atoms with van der Waals surface area (Å²) in [6, 6.07) is 0.963. The van der Waals surface area contributed by atoms with E-state index in [0.717, 1.165) is 6.54 Å². The highest BCUT2D eigenvalue weighted by Gasteiger charge is 2.33. The van der Waals surface area contributed by atoms with Crippen LogP contribution in [0.1, 0.15) is 52.9 Å². The zero-order valence-electron chi connectivity index (χ0n) is 11.4. The first-order valence-corrected chi connectivity index (χ1v) is 6.73. The Labute approximate surface area is 105 Å². The molecule has 3 atom stereocenters. The molecule has 0 saturated carbocycles. The van der Waals surface area contributed by atoms with Crippen LogP contribution in [0.5, 0.6) is 0 Å². The van der Waals surface area contributed by atoms with E-state index in [2.05, 4.69) is 18.7 Å². The summed E-state index contributed by atoms with van der Waals surface area (Å²) in [5, 5.41) is 0. The Morgan fingerprint density at radius 1 is 1.53 bits per heavy atom. The number of carbonyl (C=O) groups excluding carboxylic acids is 1. The van der Waals surface area contributed by atoms with Crippen molar-refractivity contribution >= 4 is 5.91 Å². The second-order valence-corrected chi connectivity index (χ2v) is 5.63. The second kappa shape index (κ2) is 5.83. The summed E-state index contributed by atoms with van der Waals surface area (Å²) < 4.78 is 0. The van der Waals surface area contributed by atoms with E-state index in [4.69, 9.17) is 11.5 Å². The van der Waals surface area contributed by atoms with Gasteiger partial charge in [0.05, 0.1) is 5.54 Å². The lowest BCUT2D eigenvalue weighted by molar-refractivity contribution is -0.123. The minimum absolute atomic E-state index is 0.322. The van der Waals surface area contributed by atoms with Gasteiger partial charge in [-0.3, -0.25) is 9.69 Å². The van der Waals surface area contributed by atoms with Crippen molar-refractivity contribution in [1.29, 1.82) is 0 Å². The molecule has 0 aromatic heterocycles. The first-order valence-electron chi connectivity index (χ1n) is 6.73. The molecule has 1 amide bonds. The number of hydrogen-bond acceptors (Lipinski definition) is 3. The van der Waals surface area contributed by atoms with E-state index in [-0.39, 0.29) is 0 Å². The van der Waals surface area contributed by atoms with Crippen LogP contribution in [0.2, 0.25) is 0 Å².